The maximum atomic E-state index is 9.47. The van der Waals surface area contributed by atoms with Crippen LogP contribution >= 0.6 is 0 Å². The molecular formula is C27H32N2. The molecule has 2 rings (SSSR count). The minimum absolute atomic E-state index is 0.457. The molecule has 2 nitrogen and oxygen atoms in total. The normalized spacial score (nSPS) is 20.2. The number of nitrogens with zero attached hydrogens (tertiary/aromatic N) is 2. The van der Waals surface area contributed by atoms with Crippen LogP contribution in [0, 0.1) is 29.6 Å². The fraction of sp³-hybridized carbons (Fsp3) is 0.407. The third-order valence-electron chi connectivity index (χ3n) is 5.75. The topological polar surface area (TPSA) is 36.7 Å². The SMILES string of the molecule is C#CC(C#N)c1cc(CC)ncc1C1CC1C/C(=C/C)C/C=C\C=C(\C=C)CC. The maximum absolute atomic E-state index is 9.47. The molecule has 0 aliphatic heterocycles. The molecule has 1 aromatic rings. The molecule has 0 bridgehead atoms. The van der Waals surface area contributed by atoms with E-state index in [-0.39, 0.29) is 0 Å². The van der Waals surface area contributed by atoms with Gasteiger partial charge in [0.2, 0.25) is 0 Å². The number of allylic oxidation sites excluding steroid dienone is 7. The van der Waals surface area contributed by atoms with Gasteiger partial charge in [0.15, 0.2) is 0 Å². The fourth-order valence-corrected chi connectivity index (χ4v) is 3.73. The molecule has 1 heterocycles. The Balaban J connectivity index is 2.06. The van der Waals surface area contributed by atoms with E-state index < -0.39 is 5.92 Å². The summed E-state index contributed by atoms with van der Waals surface area (Å²) in [5.74, 6) is 3.21. The van der Waals surface area contributed by atoms with Crippen LogP contribution in [0.25, 0.3) is 0 Å². The maximum Gasteiger partial charge on any atom is 0.132 e. The van der Waals surface area contributed by atoms with Crippen molar-refractivity contribution >= 4 is 0 Å². The van der Waals surface area contributed by atoms with Crippen LogP contribution in [0.1, 0.15) is 75.1 Å². The van der Waals surface area contributed by atoms with Crippen molar-refractivity contribution in [2.75, 3.05) is 0 Å². The number of rotatable bonds is 10. The number of terminal acetylenes is 1. The first-order valence-corrected chi connectivity index (χ1v) is 10.6. The highest BCUT2D eigenvalue weighted by atomic mass is 14.7. The lowest BCUT2D eigenvalue weighted by Crippen LogP contribution is -2.02. The summed E-state index contributed by atoms with van der Waals surface area (Å²) in [6.45, 7) is 10.2. The first kappa shape index (κ1) is 22.4. The third-order valence-corrected chi connectivity index (χ3v) is 5.75. The molecule has 0 amide bonds. The largest absolute Gasteiger partial charge is 0.261 e. The van der Waals surface area contributed by atoms with Gasteiger partial charge in [0.05, 0.1) is 6.07 Å². The molecule has 0 saturated heterocycles. The van der Waals surface area contributed by atoms with Gasteiger partial charge in [0.1, 0.15) is 5.92 Å². The summed E-state index contributed by atoms with van der Waals surface area (Å²) in [6, 6.07) is 4.30. The van der Waals surface area contributed by atoms with Gasteiger partial charge in [-0.25, -0.2) is 0 Å². The lowest BCUT2D eigenvalue weighted by Gasteiger charge is -2.12. The van der Waals surface area contributed by atoms with E-state index in [1.807, 2.05) is 18.3 Å². The van der Waals surface area contributed by atoms with Crippen LogP contribution in [-0.2, 0) is 6.42 Å². The highest BCUT2D eigenvalue weighted by Gasteiger charge is 2.40. The summed E-state index contributed by atoms with van der Waals surface area (Å²) in [5, 5.41) is 9.47. The number of hydrogen-bond acceptors (Lipinski definition) is 2. The Kier molecular flexibility index (Phi) is 8.69. The van der Waals surface area contributed by atoms with Gasteiger partial charge < -0.3 is 0 Å². The quantitative estimate of drug-likeness (QED) is 0.253. The van der Waals surface area contributed by atoms with Gasteiger partial charge in [-0.3, -0.25) is 4.98 Å². The molecule has 1 saturated carbocycles. The first-order valence-electron chi connectivity index (χ1n) is 10.6. The smallest absolute Gasteiger partial charge is 0.132 e. The van der Waals surface area contributed by atoms with Crippen molar-refractivity contribution in [3.8, 4) is 18.4 Å². The molecule has 150 valence electrons. The van der Waals surface area contributed by atoms with Crippen LogP contribution in [0.15, 0.2) is 60.4 Å². The standard InChI is InChI=1S/C27H32N2/c1-6-20(7-2)13-11-12-14-21(8-3)15-23-16-25(23)27-19-29-24(10-5)17-26(27)22(9-4)18-28/h4,6,8,11-13,17,19,22-23,25H,1,7,10,14-16H2,2-3,5H3/b12-11-,20-13-,21-8+. The van der Waals surface area contributed by atoms with Gasteiger partial charge in [0.25, 0.3) is 0 Å². The Morgan fingerprint density at radius 1 is 1.45 bits per heavy atom. The highest BCUT2D eigenvalue weighted by Crippen LogP contribution is 2.52. The number of aromatic nitrogens is 1. The Labute approximate surface area is 176 Å². The zero-order valence-corrected chi connectivity index (χ0v) is 18.0. The minimum atomic E-state index is -0.493. The number of pyridine rings is 1. The van der Waals surface area contributed by atoms with Gasteiger partial charge in [-0.1, -0.05) is 62.3 Å². The number of hydrogen-bond donors (Lipinski definition) is 0. The Bertz CT molecular complexity index is 872. The molecule has 0 spiro atoms. The van der Waals surface area contributed by atoms with Crippen LogP contribution in [-0.4, -0.2) is 4.98 Å². The second-order valence-electron chi connectivity index (χ2n) is 7.57. The van der Waals surface area contributed by atoms with Crippen molar-refractivity contribution < 1.29 is 0 Å². The van der Waals surface area contributed by atoms with E-state index in [0.29, 0.717) is 11.8 Å². The van der Waals surface area contributed by atoms with E-state index in [4.69, 9.17) is 6.42 Å². The Hall–Kier alpha value is -2.84. The van der Waals surface area contributed by atoms with Crippen LogP contribution in [0.2, 0.25) is 0 Å². The predicted molar refractivity (Wildman–Crippen MR) is 122 cm³/mol. The predicted octanol–water partition coefficient (Wildman–Crippen LogP) is 6.79. The van der Waals surface area contributed by atoms with E-state index in [0.717, 1.165) is 43.4 Å². The van der Waals surface area contributed by atoms with Crippen LogP contribution in [0.5, 0.6) is 0 Å². The van der Waals surface area contributed by atoms with Gasteiger partial charge in [-0.15, -0.1) is 6.42 Å². The van der Waals surface area contributed by atoms with E-state index in [1.54, 1.807) is 0 Å². The van der Waals surface area contributed by atoms with E-state index in [1.165, 1.54) is 16.7 Å². The van der Waals surface area contributed by atoms with Gasteiger partial charge in [-0.05, 0) is 73.6 Å². The number of nitriles is 1. The number of aryl methyl sites for hydroxylation is 1. The molecule has 0 radical (unpaired) electrons. The average Bonchev–Trinajstić information content (AvgIpc) is 3.52. The lowest BCUT2D eigenvalue weighted by molar-refractivity contribution is 0.762. The van der Waals surface area contributed by atoms with Gasteiger partial charge in [-0.2, -0.15) is 5.26 Å². The van der Waals surface area contributed by atoms with Crippen LogP contribution in [0.3, 0.4) is 0 Å². The Morgan fingerprint density at radius 3 is 2.83 bits per heavy atom. The Morgan fingerprint density at radius 2 is 2.24 bits per heavy atom. The zero-order chi connectivity index (χ0) is 21.2. The molecule has 3 unspecified atom stereocenters. The summed E-state index contributed by atoms with van der Waals surface area (Å²) < 4.78 is 0. The van der Waals surface area contributed by atoms with Crippen molar-refractivity contribution in [1.29, 1.82) is 5.26 Å². The van der Waals surface area contributed by atoms with Crippen LogP contribution < -0.4 is 0 Å². The second kappa shape index (κ2) is 11.2. The fourth-order valence-electron chi connectivity index (χ4n) is 3.73. The zero-order valence-electron chi connectivity index (χ0n) is 18.0. The summed E-state index contributed by atoms with van der Waals surface area (Å²) in [6.07, 6.45) is 23.3. The molecule has 0 aromatic carbocycles. The second-order valence-corrected chi connectivity index (χ2v) is 7.57. The monoisotopic (exact) mass is 384 g/mol. The molecule has 3 atom stereocenters. The molecule has 29 heavy (non-hydrogen) atoms. The van der Waals surface area contributed by atoms with Crippen molar-refractivity contribution in [3.63, 3.8) is 0 Å². The van der Waals surface area contributed by atoms with Crippen molar-refractivity contribution in [3.05, 3.63) is 77.2 Å². The van der Waals surface area contributed by atoms with E-state index in [9.17, 15) is 5.26 Å². The molecule has 2 heteroatoms. The molecule has 1 aromatic heterocycles. The van der Waals surface area contributed by atoms with Crippen LogP contribution in [0.4, 0.5) is 0 Å². The third kappa shape index (κ3) is 6.07. The molecule has 1 aliphatic carbocycles. The molecular weight excluding hydrogens is 352 g/mol. The highest BCUT2D eigenvalue weighted by molar-refractivity contribution is 5.43. The van der Waals surface area contributed by atoms with Crippen molar-refractivity contribution in [2.45, 2.75) is 64.7 Å². The summed E-state index contributed by atoms with van der Waals surface area (Å²) in [5.41, 5.74) is 5.85. The van der Waals surface area contributed by atoms with E-state index in [2.05, 4.69) is 68.6 Å². The summed E-state index contributed by atoms with van der Waals surface area (Å²) in [4.78, 5) is 4.58. The first-order chi connectivity index (χ1) is 14.1. The molecule has 1 fully saturated rings. The summed E-state index contributed by atoms with van der Waals surface area (Å²) >= 11 is 0. The van der Waals surface area contributed by atoms with Gasteiger partial charge >= 0.3 is 0 Å². The molecule has 1 aliphatic rings. The minimum Gasteiger partial charge on any atom is -0.261 e. The van der Waals surface area contributed by atoms with Crippen molar-refractivity contribution in [2.24, 2.45) is 5.92 Å². The summed E-state index contributed by atoms with van der Waals surface area (Å²) in [7, 11) is 0. The van der Waals surface area contributed by atoms with Crippen molar-refractivity contribution in [1.82, 2.24) is 4.98 Å². The average molecular weight is 385 g/mol. The van der Waals surface area contributed by atoms with E-state index >= 15 is 0 Å². The molecule has 0 N–H and O–H groups in total. The lowest BCUT2D eigenvalue weighted by atomic mass is 9.92. The van der Waals surface area contributed by atoms with Gasteiger partial charge in [0, 0.05) is 11.9 Å².